The van der Waals surface area contributed by atoms with Crippen LogP contribution >= 0.6 is 0 Å². The molecule has 1 aliphatic carbocycles. The molecule has 4 rings (SSSR count). The Labute approximate surface area is 154 Å². The van der Waals surface area contributed by atoms with Crippen molar-refractivity contribution >= 4 is 5.69 Å². The Morgan fingerprint density at radius 2 is 1.52 bits per heavy atom. The van der Waals surface area contributed by atoms with E-state index in [1.807, 2.05) is 73.1 Å². The zero-order valence-electron chi connectivity index (χ0n) is 12.4. The van der Waals surface area contributed by atoms with E-state index in [2.05, 4.69) is 34.5 Å². The summed E-state index contributed by atoms with van der Waals surface area (Å²) in [5.41, 5.74) is 2.37. The summed E-state index contributed by atoms with van der Waals surface area (Å²) in [6.07, 6.45) is 12.3. The molecule has 0 atom stereocenters. The molecule has 0 aromatic heterocycles. The zero-order chi connectivity index (χ0) is 14.3. The minimum absolute atomic E-state index is 0. The van der Waals surface area contributed by atoms with Crippen molar-refractivity contribution in [1.29, 1.82) is 0 Å². The number of benzene rings is 1. The monoisotopic (exact) mass is 364 g/mol. The van der Waals surface area contributed by atoms with Crippen molar-refractivity contribution in [1.82, 2.24) is 5.32 Å². The molecular weight excluding hydrogens is 348 g/mol. The van der Waals surface area contributed by atoms with E-state index in [0.717, 1.165) is 5.82 Å². The Hall–Kier alpha value is -2.06. The average molecular weight is 365 g/mol. The van der Waals surface area contributed by atoms with Crippen molar-refractivity contribution in [3.05, 3.63) is 109 Å². The van der Waals surface area contributed by atoms with E-state index < -0.39 is 0 Å². The summed E-state index contributed by atoms with van der Waals surface area (Å²) < 4.78 is 0. The maximum absolute atomic E-state index is 3.27. The smallest absolute Gasteiger partial charge is 1.00 e. The minimum Gasteiger partial charge on any atom is -1.00 e. The molecule has 2 aromatic rings. The van der Waals surface area contributed by atoms with Crippen LogP contribution in [0.2, 0.25) is 0 Å². The fourth-order valence-electron chi connectivity index (χ4n) is 2.21. The van der Waals surface area contributed by atoms with Crippen LogP contribution in [0.15, 0.2) is 109 Å². The van der Waals surface area contributed by atoms with E-state index in [1.54, 1.807) is 0 Å². The van der Waals surface area contributed by atoms with E-state index in [-0.39, 0.29) is 29.5 Å². The Balaban J connectivity index is 0.000000328. The number of rotatable bonds is 1. The molecule has 0 unspecified atom stereocenters. The molecule has 118 valence electrons. The number of allylic oxidation sites excluding steroid dienone is 5. The van der Waals surface area contributed by atoms with Crippen molar-refractivity contribution in [2.45, 2.75) is 0 Å². The van der Waals surface area contributed by atoms with E-state index >= 15 is 0 Å². The van der Waals surface area contributed by atoms with Gasteiger partial charge >= 0.3 is 17.1 Å². The molecule has 0 saturated carbocycles. The van der Waals surface area contributed by atoms with Gasteiger partial charge in [0.15, 0.2) is 0 Å². The van der Waals surface area contributed by atoms with Crippen LogP contribution < -0.4 is 22.6 Å². The number of para-hydroxylation sites is 1. The molecule has 0 saturated heterocycles. The molecule has 4 heteroatoms. The first-order valence-corrected chi connectivity index (χ1v) is 6.98. The molecule has 1 aliphatic heterocycles. The van der Waals surface area contributed by atoms with Gasteiger partial charge in [-0.3, -0.25) is 0 Å². The molecular formula is C19H17ClFeN2. The van der Waals surface area contributed by atoms with Gasteiger partial charge in [-0.25, -0.2) is 12.1 Å². The molecule has 0 bridgehead atoms. The Morgan fingerprint density at radius 1 is 0.870 bits per heavy atom. The van der Waals surface area contributed by atoms with Gasteiger partial charge in [-0.05, 0) is 12.1 Å². The molecule has 2 nitrogen and oxygen atoms in total. The Bertz CT molecular complexity index is 654. The van der Waals surface area contributed by atoms with Gasteiger partial charge in [0.1, 0.15) is 5.82 Å². The molecule has 1 N–H and O–H groups in total. The summed E-state index contributed by atoms with van der Waals surface area (Å²) in [4.78, 5) is 2.15. The van der Waals surface area contributed by atoms with Crippen LogP contribution in [-0.2, 0) is 17.1 Å². The SMILES string of the molecule is C1=CC(=C2NC=CN2c2ccccc2)C=C1.[Cl-].[Fe+2].c1cc[cH-]c1. The number of anilines is 1. The van der Waals surface area contributed by atoms with Crippen molar-refractivity contribution in [2.24, 2.45) is 0 Å². The van der Waals surface area contributed by atoms with Crippen LogP contribution in [0.3, 0.4) is 0 Å². The first-order chi connectivity index (χ1) is 10.4. The van der Waals surface area contributed by atoms with E-state index in [9.17, 15) is 0 Å². The van der Waals surface area contributed by atoms with Crippen LogP contribution in [0.5, 0.6) is 0 Å². The zero-order valence-corrected chi connectivity index (χ0v) is 14.3. The summed E-state index contributed by atoms with van der Waals surface area (Å²) in [5.74, 6) is 1.11. The third-order valence-corrected chi connectivity index (χ3v) is 3.21. The van der Waals surface area contributed by atoms with Crippen molar-refractivity contribution in [3.63, 3.8) is 0 Å². The number of hydrogen-bond acceptors (Lipinski definition) is 2. The summed E-state index contributed by atoms with van der Waals surface area (Å²) >= 11 is 0. The summed E-state index contributed by atoms with van der Waals surface area (Å²) in [6.45, 7) is 0. The quantitative estimate of drug-likeness (QED) is 0.606. The van der Waals surface area contributed by atoms with Crippen molar-refractivity contribution in [2.75, 3.05) is 4.90 Å². The van der Waals surface area contributed by atoms with Gasteiger partial charge in [-0.2, -0.15) is 18.2 Å². The van der Waals surface area contributed by atoms with Gasteiger partial charge in [0.05, 0.1) is 0 Å². The van der Waals surface area contributed by atoms with E-state index in [0.29, 0.717) is 0 Å². The second kappa shape index (κ2) is 9.86. The van der Waals surface area contributed by atoms with Crippen molar-refractivity contribution < 1.29 is 29.5 Å². The first kappa shape index (κ1) is 19.0. The molecule has 23 heavy (non-hydrogen) atoms. The standard InChI is InChI=1S/C14H12N2.C5H5.ClH.Fe/c1-2-8-13(9-3-1)16-11-10-15-14(16)12-6-4-5-7-12;1-2-4-5-3-1;;/h1-11,15H;1-5H;1H;/q;-1;;+2/p-1. The summed E-state index contributed by atoms with van der Waals surface area (Å²) in [6, 6.07) is 20.3. The molecule has 2 aliphatic rings. The van der Waals surface area contributed by atoms with Crippen LogP contribution in [0.1, 0.15) is 0 Å². The van der Waals surface area contributed by atoms with E-state index in [4.69, 9.17) is 0 Å². The molecule has 2 aromatic carbocycles. The van der Waals surface area contributed by atoms with Gasteiger partial charge in [0.2, 0.25) is 0 Å². The van der Waals surface area contributed by atoms with Crippen LogP contribution in [0.25, 0.3) is 0 Å². The minimum atomic E-state index is 0. The van der Waals surface area contributed by atoms with E-state index in [1.165, 1.54) is 11.3 Å². The van der Waals surface area contributed by atoms with Crippen LogP contribution in [-0.4, -0.2) is 0 Å². The third-order valence-electron chi connectivity index (χ3n) is 3.21. The normalized spacial score (nSPS) is 13.8. The summed E-state index contributed by atoms with van der Waals surface area (Å²) in [5, 5.41) is 3.27. The fourth-order valence-corrected chi connectivity index (χ4v) is 2.21. The average Bonchev–Trinajstić information content (AvgIpc) is 3.29. The predicted octanol–water partition coefficient (Wildman–Crippen LogP) is 1.31. The Morgan fingerprint density at radius 3 is 2.09 bits per heavy atom. The Kier molecular flexibility index (Phi) is 8.14. The number of nitrogens with one attached hydrogen (secondary N) is 1. The van der Waals surface area contributed by atoms with Gasteiger partial charge in [0.25, 0.3) is 0 Å². The largest absolute Gasteiger partial charge is 2.00 e. The number of halogens is 1. The topological polar surface area (TPSA) is 15.3 Å². The maximum Gasteiger partial charge on any atom is 2.00 e. The second-order valence-corrected chi connectivity index (χ2v) is 4.65. The fraction of sp³-hybridized carbons (Fsp3) is 0. The van der Waals surface area contributed by atoms with Gasteiger partial charge in [-0.1, -0.05) is 42.5 Å². The number of nitrogens with zero attached hydrogens (tertiary/aromatic N) is 1. The predicted molar refractivity (Wildman–Crippen MR) is 88.5 cm³/mol. The van der Waals surface area contributed by atoms with Gasteiger partial charge < -0.3 is 22.6 Å². The molecule has 0 radical (unpaired) electrons. The van der Waals surface area contributed by atoms with Gasteiger partial charge in [0, 0.05) is 23.7 Å². The third kappa shape index (κ3) is 4.97. The van der Waals surface area contributed by atoms with Crippen LogP contribution in [0, 0.1) is 0 Å². The van der Waals surface area contributed by atoms with Crippen LogP contribution in [0.4, 0.5) is 5.69 Å². The first-order valence-electron chi connectivity index (χ1n) is 6.98. The summed E-state index contributed by atoms with van der Waals surface area (Å²) in [7, 11) is 0. The molecule has 0 fully saturated rings. The van der Waals surface area contributed by atoms with Crippen molar-refractivity contribution in [3.8, 4) is 0 Å². The molecule has 0 spiro atoms. The van der Waals surface area contributed by atoms with Gasteiger partial charge in [-0.15, -0.1) is 0 Å². The second-order valence-electron chi connectivity index (χ2n) is 4.65. The molecule has 0 amide bonds. The molecule has 1 heterocycles. The number of hydrogen-bond donors (Lipinski definition) is 1. The maximum atomic E-state index is 3.27.